The molecule has 0 saturated carbocycles. The van der Waals surface area contributed by atoms with Gasteiger partial charge in [0, 0.05) is 68.4 Å². The number of hydrogen-bond acceptors (Lipinski definition) is 5. The first-order chi connectivity index (χ1) is 10.8. The summed E-state index contributed by atoms with van der Waals surface area (Å²) >= 11 is 0. The van der Waals surface area contributed by atoms with Crippen LogP contribution in [0.2, 0.25) is 0 Å². The Morgan fingerprint density at radius 1 is 0.955 bits per heavy atom. The minimum absolute atomic E-state index is 0.110. The SMILES string of the molecule is O=C(c1ccncc1)N1C[C@@H]2CN(c3ncccn3)C[C@H]2C1. The predicted molar refractivity (Wildman–Crippen MR) is 81.4 cm³/mol. The second kappa shape index (κ2) is 5.36. The van der Waals surface area contributed by atoms with E-state index in [0.717, 1.165) is 37.7 Å². The summed E-state index contributed by atoms with van der Waals surface area (Å²) in [4.78, 5) is 29.3. The Labute approximate surface area is 128 Å². The van der Waals surface area contributed by atoms with Gasteiger partial charge < -0.3 is 9.80 Å². The van der Waals surface area contributed by atoms with Crippen molar-refractivity contribution < 1.29 is 4.79 Å². The molecular formula is C16H17N5O. The van der Waals surface area contributed by atoms with E-state index in [1.807, 2.05) is 11.0 Å². The van der Waals surface area contributed by atoms with Gasteiger partial charge in [0.05, 0.1) is 0 Å². The minimum Gasteiger partial charge on any atom is -0.340 e. The molecule has 2 aliphatic heterocycles. The Kier molecular flexibility index (Phi) is 3.21. The molecule has 2 aromatic rings. The van der Waals surface area contributed by atoms with E-state index in [1.54, 1.807) is 36.9 Å². The molecule has 0 spiro atoms. The first-order valence-electron chi connectivity index (χ1n) is 7.52. The summed E-state index contributed by atoms with van der Waals surface area (Å²) in [5, 5.41) is 0. The van der Waals surface area contributed by atoms with Gasteiger partial charge in [-0.3, -0.25) is 9.78 Å². The highest BCUT2D eigenvalue weighted by molar-refractivity contribution is 5.94. The number of amides is 1. The van der Waals surface area contributed by atoms with Crippen LogP contribution >= 0.6 is 0 Å². The van der Waals surface area contributed by atoms with Crippen LogP contribution in [-0.4, -0.2) is 51.9 Å². The summed E-state index contributed by atoms with van der Waals surface area (Å²) in [7, 11) is 0. The lowest BCUT2D eigenvalue weighted by Gasteiger charge is -2.21. The van der Waals surface area contributed by atoms with E-state index in [1.165, 1.54) is 0 Å². The van der Waals surface area contributed by atoms with Crippen LogP contribution in [0.5, 0.6) is 0 Å². The normalized spacial score (nSPS) is 23.6. The summed E-state index contributed by atoms with van der Waals surface area (Å²) in [5.41, 5.74) is 0.721. The zero-order valence-corrected chi connectivity index (χ0v) is 12.2. The lowest BCUT2D eigenvalue weighted by atomic mass is 10.0. The fourth-order valence-corrected chi connectivity index (χ4v) is 3.45. The second-order valence-electron chi connectivity index (χ2n) is 5.92. The van der Waals surface area contributed by atoms with Crippen LogP contribution in [0.3, 0.4) is 0 Å². The van der Waals surface area contributed by atoms with E-state index in [-0.39, 0.29) is 5.91 Å². The predicted octanol–water partition coefficient (Wildman–Crippen LogP) is 1.08. The molecule has 0 N–H and O–H groups in total. The van der Waals surface area contributed by atoms with Gasteiger partial charge in [-0.15, -0.1) is 0 Å². The zero-order valence-electron chi connectivity index (χ0n) is 12.2. The van der Waals surface area contributed by atoms with Gasteiger partial charge in [-0.25, -0.2) is 9.97 Å². The number of nitrogens with zero attached hydrogens (tertiary/aromatic N) is 5. The third-order valence-corrected chi connectivity index (χ3v) is 4.54. The molecule has 0 unspecified atom stereocenters. The lowest BCUT2D eigenvalue weighted by molar-refractivity contribution is 0.0782. The van der Waals surface area contributed by atoms with Crippen LogP contribution in [0.4, 0.5) is 5.95 Å². The van der Waals surface area contributed by atoms with Gasteiger partial charge in [0.15, 0.2) is 0 Å². The van der Waals surface area contributed by atoms with Crippen LogP contribution in [0.1, 0.15) is 10.4 Å². The van der Waals surface area contributed by atoms with Gasteiger partial charge >= 0.3 is 0 Å². The van der Waals surface area contributed by atoms with Crippen LogP contribution in [0.15, 0.2) is 43.0 Å². The van der Waals surface area contributed by atoms with Crippen molar-refractivity contribution in [3.8, 4) is 0 Å². The number of anilines is 1. The van der Waals surface area contributed by atoms with Gasteiger partial charge in [-0.1, -0.05) is 0 Å². The molecule has 2 fully saturated rings. The second-order valence-corrected chi connectivity index (χ2v) is 5.92. The van der Waals surface area contributed by atoms with Crippen molar-refractivity contribution in [2.24, 2.45) is 11.8 Å². The van der Waals surface area contributed by atoms with E-state index >= 15 is 0 Å². The average molecular weight is 295 g/mol. The number of fused-ring (bicyclic) bond motifs is 1. The molecule has 2 saturated heterocycles. The third-order valence-electron chi connectivity index (χ3n) is 4.54. The molecule has 2 aromatic heterocycles. The zero-order chi connectivity index (χ0) is 14.9. The quantitative estimate of drug-likeness (QED) is 0.829. The van der Waals surface area contributed by atoms with Crippen molar-refractivity contribution in [1.29, 1.82) is 0 Å². The molecule has 4 heterocycles. The topological polar surface area (TPSA) is 62.2 Å². The third kappa shape index (κ3) is 2.30. The highest BCUT2D eigenvalue weighted by Gasteiger charge is 2.42. The standard InChI is InChI=1S/C16H17N5O/c22-15(12-2-6-17-7-3-12)20-8-13-10-21(11-14(13)9-20)16-18-4-1-5-19-16/h1-7,13-14H,8-11H2/t13-,14-/m1/s1. The molecule has 6 heteroatoms. The highest BCUT2D eigenvalue weighted by Crippen LogP contribution is 2.33. The Hall–Kier alpha value is -2.50. The fourth-order valence-electron chi connectivity index (χ4n) is 3.45. The van der Waals surface area contributed by atoms with E-state index < -0.39 is 0 Å². The van der Waals surface area contributed by atoms with Gasteiger partial charge in [-0.05, 0) is 18.2 Å². The van der Waals surface area contributed by atoms with Gasteiger partial charge in [-0.2, -0.15) is 0 Å². The largest absolute Gasteiger partial charge is 0.340 e. The molecular weight excluding hydrogens is 278 g/mol. The summed E-state index contributed by atoms with van der Waals surface area (Å²) < 4.78 is 0. The van der Waals surface area contributed by atoms with Crippen LogP contribution in [0.25, 0.3) is 0 Å². The monoisotopic (exact) mass is 295 g/mol. The van der Waals surface area contributed by atoms with E-state index in [4.69, 9.17) is 0 Å². The maximum absolute atomic E-state index is 12.5. The number of pyridine rings is 1. The van der Waals surface area contributed by atoms with Crippen molar-refractivity contribution in [3.05, 3.63) is 48.5 Å². The van der Waals surface area contributed by atoms with Crippen molar-refractivity contribution in [3.63, 3.8) is 0 Å². The molecule has 0 aromatic carbocycles. The van der Waals surface area contributed by atoms with Crippen molar-refractivity contribution in [2.45, 2.75) is 0 Å². The Balaban J connectivity index is 1.43. The van der Waals surface area contributed by atoms with Crippen molar-refractivity contribution >= 4 is 11.9 Å². The molecule has 22 heavy (non-hydrogen) atoms. The minimum atomic E-state index is 0.110. The summed E-state index contributed by atoms with van der Waals surface area (Å²) in [6.45, 7) is 3.48. The van der Waals surface area contributed by atoms with Crippen LogP contribution < -0.4 is 4.90 Å². The number of aromatic nitrogens is 3. The average Bonchev–Trinajstić information content (AvgIpc) is 3.15. The number of rotatable bonds is 2. The Morgan fingerprint density at radius 3 is 2.23 bits per heavy atom. The van der Waals surface area contributed by atoms with Gasteiger partial charge in [0.2, 0.25) is 5.95 Å². The lowest BCUT2D eigenvalue weighted by Crippen LogP contribution is -2.33. The molecule has 2 aliphatic rings. The maximum atomic E-state index is 12.5. The number of carbonyl (C=O) groups is 1. The summed E-state index contributed by atoms with van der Waals surface area (Å²) in [5.74, 6) is 1.92. The molecule has 2 atom stereocenters. The maximum Gasteiger partial charge on any atom is 0.253 e. The Bertz CT molecular complexity index is 649. The molecule has 4 rings (SSSR count). The van der Waals surface area contributed by atoms with Crippen LogP contribution in [0, 0.1) is 11.8 Å². The Morgan fingerprint density at radius 2 is 1.59 bits per heavy atom. The van der Waals surface area contributed by atoms with Crippen molar-refractivity contribution in [2.75, 3.05) is 31.1 Å². The number of hydrogen-bond donors (Lipinski definition) is 0. The summed E-state index contributed by atoms with van der Waals surface area (Å²) in [6.07, 6.45) is 6.88. The van der Waals surface area contributed by atoms with E-state index in [2.05, 4.69) is 19.9 Å². The fraction of sp³-hybridized carbons (Fsp3) is 0.375. The first-order valence-corrected chi connectivity index (χ1v) is 7.52. The summed E-state index contributed by atoms with van der Waals surface area (Å²) in [6, 6.07) is 5.39. The van der Waals surface area contributed by atoms with E-state index in [0.29, 0.717) is 11.8 Å². The molecule has 0 bridgehead atoms. The first kappa shape index (κ1) is 13.2. The van der Waals surface area contributed by atoms with Gasteiger partial charge in [0.1, 0.15) is 0 Å². The molecule has 6 nitrogen and oxygen atoms in total. The van der Waals surface area contributed by atoms with Gasteiger partial charge in [0.25, 0.3) is 5.91 Å². The number of likely N-dealkylation sites (tertiary alicyclic amines) is 1. The smallest absolute Gasteiger partial charge is 0.253 e. The molecule has 0 aliphatic carbocycles. The molecule has 112 valence electrons. The molecule has 1 amide bonds. The van der Waals surface area contributed by atoms with Crippen LogP contribution in [-0.2, 0) is 0 Å². The number of carbonyl (C=O) groups excluding carboxylic acids is 1. The highest BCUT2D eigenvalue weighted by atomic mass is 16.2. The van der Waals surface area contributed by atoms with Crippen molar-refractivity contribution in [1.82, 2.24) is 19.9 Å². The molecule has 0 radical (unpaired) electrons. The van der Waals surface area contributed by atoms with E-state index in [9.17, 15) is 4.79 Å².